The predicted molar refractivity (Wildman–Crippen MR) is 146 cm³/mol. The minimum atomic E-state index is -0.932. The van der Waals surface area contributed by atoms with Crippen molar-refractivity contribution in [3.63, 3.8) is 0 Å². The third kappa shape index (κ3) is 9.87. The Morgan fingerprint density at radius 1 is 0.474 bits per heavy atom. The van der Waals surface area contributed by atoms with Gasteiger partial charge in [0.2, 0.25) is 0 Å². The molecule has 0 fully saturated rings. The van der Waals surface area contributed by atoms with Gasteiger partial charge < -0.3 is 18.9 Å². The lowest BCUT2D eigenvalue weighted by molar-refractivity contribution is 0.0406. The minimum absolute atomic E-state index is 0.170. The lowest BCUT2D eigenvalue weighted by Crippen LogP contribution is -2.45. The molecule has 4 amide bonds. The third-order valence-electron chi connectivity index (χ3n) is 4.52. The van der Waals surface area contributed by atoms with Gasteiger partial charge in [0.25, 0.3) is 0 Å². The van der Waals surface area contributed by atoms with E-state index in [1.54, 1.807) is 96.9 Å². The number of carbonyl (C=O) groups is 4. The van der Waals surface area contributed by atoms with Gasteiger partial charge in [-0.3, -0.25) is 0 Å². The van der Waals surface area contributed by atoms with Crippen molar-refractivity contribution < 1.29 is 38.1 Å². The zero-order chi connectivity index (χ0) is 30.0. The van der Waals surface area contributed by atoms with Crippen LogP contribution in [0, 0.1) is 13.8 Å². The number of hydrogen-bond acceptors (Lipinski definition) is 8. The van der Waals surface area contributed by atoms with Gasteiger partial charge in [0.15, 0.2) is 0 Å². The fourth-order valence-corrected chi connectivity index (χ4v) is 3.05. The van der Waals surface area contributed by atoms with Crippen molar-refractivity contribution in [2.45, 2.75) is 119 Å². The summed E-state index contributed by atoms with van der Waals surface area (Å²) < 4.78 is 21.9. The molecule has 214 valence electrons. The molecule has 0 heterocycles. The van der Waals surface area contributed by atoms with Crippen molar-refractivity contribution in [2.75, 3.05) is 9.80 Å². The molecule has 38 heavy (non-hydrogen) atoms. The van der Waals surface area contributed by atoms with Crippen LogP contribution >= 0.6 is 0 Å². The Bertz CT molecular complexity index is 926. The zero-order valence-electron chi connectivity index (χ0n) is 25.3. The second-order valence-electron chi connectivity index (χ2n) is 12.9. The molecule has 0 radical (unpaired) electrons. The summed E-state index contributed by atoms with van der Waals surface area (Å²) in [6.07, 6.45) is -3.73. The highest BCUT2D eigenvalue weighted by molar-refractivity contribution is 6.12. The van der Waals surface area contributed by atoms with Crippen LogP contribution < -0.4 is 9.80 Å². The van der Waals surface area contributed by atoms with Crippen LogP contribution in [-0.2, 0) is 18.9 Å². The Labute approximate surface area is 226 Å². The fraction of sp³-hybridized carbons (Fsp3) is 0.643. The highest BCUT2D eigenvalue weighted by Gasteiger charge is 2.37. The van der Waals surface area contributed by atoms with Gasteiger partial charge in [-0.15, -0.1) is 0 Å². The molecule has 0 atom stereocenters. The molecule has 10 heteroatoms. The minimum Gasteiger partial charge on any atom is -0.443 e. The standard InChI is InChI=1S/C28H44N2O8/c1-17-18(2)20(30(23(33)37-27(9,10)11)24(34)38-28(12,13)14)16-15-19(17)29(21(31)35-25(3,4)5)22(32)36-26(6,7)8/h15-16H,1-14H3. The molecule has 0 aromatic heterocycles. The summed E-state index contributed by atoms with van der Waals surface area (Å²) in [5.74, 6) is 0. The fourth-order valence-electron chi connectivity index (χ4n) is 3.05. The summed E-state index contributed by atoms with van der Waals surface area (Å²) in [7, 11) is 0. The second kappa shape index (κ2) is 11.2. The Morgan fingerprint density at radius 3 is 0.816 bits per heavy atom. The molecule has 0 unspecified atom stereocenters. The van der Waals surface area contributed by atoms with E-state index in [0.717, 1.165) is 9.80 Å². The molecule has 0 N–H and O–H groups in total. The molecule has 0 spiro atoms. The molecule has 0 aliphatic carbocycles. The van der Waals surface area contributed by atoms with Gasteiger partial charge >= 0.3 is 24.4 Å². The van der Waals surface area contributed by atoms with Gasteiger partial charge in [0.1, 0.15) is 22.4 Å². The Kier molecular flexibility index (Phi) is 9.65. The Hall–Kier alpha value is -3.30. The second-order valence-corrected chi connectivity index (χ2v) is 12.9. The number of carbonyl (C=O) groups excluding carboxylic acids is 4. The maximum atomic E-state index is 13.1. The van der Waals surface area contributed by atoms with Crippen molar-refractivity contribution in [1.82, 2.24) is 0 Å². The first-order valence-electron chi connectivity index (χ1n) is 12.5. The van der Waals surface area contributed by atoms with Crippen LogP contribution in [0.25, 0.3) is 0 Å². The van der Waals surface area contributed by atoms with Gasteiger partial charge in [0.05, 0.1) is 11.4 Å². The molecule has 0 saturated carbocycles. The molecular formula is C28H44N2O8. The number of imide groups is 2. The van der Waals surface area contributed by atoms with E-state index in [4.69, 9.17) is 18.9 Å². The number of ether oxygens (including phenoxy) is 4. The normalized spacial score (nSPS) is 12.4. The van der Waals surface area contributed by atoms with Gasteiger partial charge in [0, 0.05) is 0 Å². The maximum absolute atomic E-state index is 13.1. The van der Waals surface area contributed by atoms with E-state index in [-0.39, 0.29) is 11.4 Å². The van der Waals surface area contributed by atoms with Gasteiger partial charge in [-0.2, -0.15) is 9.80 Å². The lowest BCUT2D eigenvalue weighted by atomic mass is 10.0. The summed E-state index contributed by atoms with van der Waals surface area (Å²) in [4.78, 5) is 54.2. The average molecular weight is 537 g/mol. The SMILES string of the molecule is Cc1c(N(C(=O)OC(C)(C)C)C(=O)OC(C)(C)C)ccc(N(C(=O)OC(C)(C)C)C(=O)OC(C)(C)C)c1C. The zero-order valence-corrected chi connectivity index (χ0v) is 25.3. The molecular weight excluding hydrogens is 492 g/mol. The van der Waals surface area contributed by atoms with Crippen molar-refractivity contribution in [3.8, 4) is 0 Å². The predicted octanol–water partition coefficient (Wildman–Crippen LogP) is 7.66. The quantitative estimate of drug-likeness (QED) is 0.354. The summed E-state index contributed by atoms with van der Waals surface area (Å²) in [5.41, 5.74) is -2.34. The van der Waals surface area contributed by atoms with Crippen LogP contribution in [0.3, 0.4) is 0 Å². The van der Waals surface area contributed by atoms with E-state index >= 15 is 0 Å². The number of hydrogen-bond donors (Lipinski definition) is 0. The summed E-state index contributed by atoms with van der Waals surface area (Å²) >= 11 is 0. The van der Waals surface area contributed by atoms with Crippen molar-refractivity contribution in [3.05, 3.63) is 23.3 Å². The van der Waals surface area contributed by atoms with Crippen molar-refractivity contribution in [2.24, 2.45) is 0 Å². The van der Waals surface area contributed by atoms with Crippen LogP contribution in [0.5, 0.6) is 0 Å². The summed E-state index contributed by atoms with van der Waals surface area (Å²) in [5, 5.41) is 0. The van der Waals surface area contributed by atoms with Crippen LogP contribution in [0.15, 0.2) is 12.1 Å². The van der Waals surface area contributed by atoms with Gasteiger partial charge in [-0.25, -0.2) is 19.2 Å². The van der Waals surface area contributed by atoms with Crippen molar-refractivity contribution in [1.29, 1.82) is 0 Å². The first-order valence-corrected chi connectivity index (χ1v) is 12.5. The average Bonchev–Trinajstić information content (AvgIpc) is 2.61. The van der Waals surface area contributed by atoms with E-state index in [0.29, 0.717) is 11.1 Å². The number of benzene rings is 1. The van der Waals surface area contributed by atoms with E-state index in [1.165, 1.54) is 12.1 Å². The van der Waals surface area contributed by atoms with Crippen LogP contribution in [-0.4, -0.2) is 46.8 Å². The molecule has 10 nitrogen and oxygen atoms in total. The topological polar surface area (TPSA) is 112 Å². The van der Waals surface area contributed by atoms with E-state index in [1.807, 2.05) is 0 Å². The molecule has 0 saturated heterocycles. The third-order valence-corrected chi connectivity index (χ3v) is 4.52. The Morgan fingerprint density at radius 2 is 0.658 bits per heavy atom. The summed E-state index contributed by atoms with van der Waals surface area (Å²) in [6.45, 7) is 23.5. The van der Waals surface area contributed by atoms with Gasteiger partial charge in [-0.1, -0.05) is 0 Å². The molecule has 1 rings (SSSR count). The molecule has 0 bridgehead atoms. The van der Waals surface area contributed by atoms with E-state index in [9.17, 15) is 19.2 Å². The summed E-state index contributed by atoms with van der Waals surface area (Å²) in [6, 6.07) is 2.88. The van der Waals surface area contributed by atoms with Gasteiger partial charge in [-0.05, 0) is 120 Å². The highest BCUT2D eigenvalue weighted by Crippen LogP contribution is 2.34. The number of amides is 4. The first-order chi connectivity index (χ1) is 16.8. The number of anilines is 2. The number of rotatable bonds is 2. The monoisotopic (exact) mass is 536 g/mol. The van der Waals surface area contributed by atoms with E-state index in [2.05, 4.69) is 0 Å². The Balaban J connectivity index is 3.74. The largest absolute Gasteiger partial charge is 0.443 e. The van der Waals surface area contributed by atoms with Crippen LogP contribution in [0.1, 0.15) is 94.2 Å². The smallest absolute Gasteiger partial charge is 0.424 e. The number of nitrogens with zero attached hydrogens (tertiary/aromatic N) is 2. The first kappa shape index (κ1) is 32.7. The molecule has 0 aliphatic rings. The molecule has 1 aromatic rings. The van der Waals surface area contributed by atoms with Crippen molar-refractivity contribution >= 4 is 35.7 Å². The maximum Gasteiger partial charge on any atom is 0.424 e. The molecule has 0 aliphatic heterocycles. The lowest BCUT2D eigenvalue weighted by Gasteiger charge is -2.31. The van der Waals surface area contributed by atoms with Crippen LogP contribution in [0.4, 0.5) is 30.6 Å². The molecule has 1 aromatic carbocycles. The van der Waals surface area contributed by atoms with E-state index < -0.39 is 46.8 Å². The highest BCUT2D eigenvalue weighted by atomic mass is 16.6. The van der Waals surface area contributed by atoms with Crippen LogP contribution in [0.2, 0.25) is 0 Å².